The number of hydrogen-bond donors (Lipinski definition) is 0. The summed E-state index contributed by atoms with van der Waals surface area (Å²) in [4.78, 5) is 17.3. The van der Waals surface area contributed by atoms with Gasteiger partial charge in [0.05, 0.1) is 12.1 Å². The second-order valence-corrected chi connectivity index (χ2v) is 6.47. The van der Waals surface area contributed by atoms with Crippen LogP contribution in [0.5, 0.6) is 0 Å². The van der Waals surface area contributed by atoms with E-state index in [-0.39, 0.29) is 5.91 Å². The molecule has 3 heterocycles. The highest BCUT2D eigenvalue weighted by molar-refractivity contribution is 5.80. The summed E-state index contributed by atoms with van der Waals surface area (Å²) in [5.74, 6) is 1.00. The van der Waals surface area contributed by atoms with Gasteiger partial charge in [-0.05, 0) is 53.1 Å². The van der Waals surface area contributed by atoms with E-state index >= 15 is 0 Å². The predicted molar refractivity (Wildman–Crippen MR) is 80.1 cm³/mol. The average molecular weight is 291 g/mol. The van der Waals surface area contributed by atoms with E-state index in [2.05, 4.69) is 22.0 Å². The number of aryl methyl sites for hydroxylation is 2. The van der Waals surface area contributed by atoms with Crippen LogP contribution < -0.4 is 0 Å². The molecule has 21 heavy (non-hydrogen) atoms. The van der Waals surface area contributed by atoms with Gasteiger partial charge in [0.1, 0.15) is 5.76 Å². The van der Waals surface area contributed by atoms with Crippen LogP contribution in [0.3, 0.4) is 0 Å². The summed E-state index contributed by atoms with van der Waals surface area (Å²) in [6.07, 6.45) is 5.17. The molecule has 5 nitrogen and oxygen atoms in total. The van der Waals surface area contributed by atoms with Crippen LogP contribution in [0.2, 0.25) is 0 Å². The third kappa shape index (κ3) is 2.71. The molecule has 0 aromatic carbocycles. The molecule has 116 valence electrons. The van der Waals surface area contributed by atoms with Crippen molar-refractivity contribution in [2.24, 2.45) is 0 Å². The Morgan fingerprint density at radius 3 is 2.57 bits per heavy atom. The fourth-order valence-electron chi connectivity index (χ4n) is 3.93. The summed E-state index contributed by atoms with van der Waals surface area (Å²) in [5, 5.41) is 3.95. The van der Waals surface area contributed by atoms with Gasteiger partial charge in [0, 0.05) is 24.2 Å². The van der Waals surface area contributed by atoms with Gasteiger partial charge in [0.2, 0.25) is 5.91 Å². The molecule has 0 aliphatic carbocycles. The minimum absolute atomic E-state index is 0.229. The zero-order chi connectivity index (χ0) is 15.0. The number of hydrogen-bond acceptors (Lipinski definition) is 4. The van der Waals surface area contributed by atoms with Crippen LogP contribution in [-0.2, 0) is 11.2 Å². The summed E-state index contributed by atoms with van der Waals surface area (Å²) in [5.41, 5.74) is 1.81. The highest BCUT2D eigenvalue weighted by Crippen LogP contribution is 2.29. The maximum Gasteiger partial charge on any atom is 0.227 e. The van der Waals surface area contributed by atoms with Crippen LogP contribution in [0.1, 0.15) is 42.7 Å². The fourth-order valence-corrected chi connectivity index (χ4v) is 3.93. The molecule has 1 amide bonds. The number of carbonyl (C=O) groups excluding carboxylic acids is 1. The van der Waals surface area contributed by atoms with Crippen LogP contribution in [0.4, 0.5) is 0 Å². The van der Waals surface area contributed by atoms with Crippen molar-refractivity contribution in [3.05, 3.63) is 17.0 Å². The molecule has 0 bridgehead atoms. The van der Waals surface area contributed by atoms with Gasteiger partial charge in [-0.1, -0.05) is 5.16 Å². The Morgan fingerprint density at radius 2 is 1.95 bits per heavy atom. The molecule has 0 N–H and O–H groups in total. The van der Waals surface area contributed by atoms with Crippen molar-refractivity contribution >= 4 is 5.91 Å². The van der Waals surface area contributed by atoms with Crippen LogP contribution in [0.15, 0.2) is 4.52 Å². The van der Waals surface area contributed by atoms with E-state index in [1.807, 2.05) is 13.8 Å². The zero-order valence-electron chi connectivity index (χ0n) is 13.3. The zero-order valence-corrected chi connectivity index (χ0v) is 13.3. The van der Waals surface area contributed by atoms with Gasteiger partial charge < -0.3 is 14.3 Å². The molecule has 3 rings (SSSR count). The van der Waals surface area contributed by atoms with Crippen LogP contribution in [0.25, 0.3) is 0 Å². The third-order valence-corrected chi connectivity index (χ3v) is 5.15. The smallest absolute Gasteiger partial charge is 0.227 e. The quantitative estimate of drug-likeness (QED) is 0.853. The maximum absolute atomic E-state index is 12.7. The number of likely N-dealkylation sites (N-methyl/N-ethyl adjacent to an activating group) is 1. The van der Waals surface area contributed by atoms with Gasteiger partial charge in [-0.3, -0.25) is 4.79 Å². The number of nitrogens with zero attached hydrogens (tertiary/aromatic N) is 3. The molecule has 2 aliphatic heterocycles. The SMILES string of the molecule is Cc1noc(C)c1CC(=O)N1CCC[C@@H]1[C@H]1CCCN1C. The lowest BCUT2D eigenvalue weighted by Gasteiger charge is -2.33. The van der Waals surface area contributed by atoms with Gasteiger partial charge in [0.15, 0.2) is 0 Å². The van der Waals surface area contributed by atoms with Crippen molar-refractivity contribution in [1.29, 1.82) is 0 Å². The molecular formula is C16H25N3O2. The van der Waals surface area contributed by atoms with Crippen LogP contribution >= 0.6 is 0 Å². The number of carbonyl (C=O) groups is 1. The normalized spacial score (nSPS) is 26.7. The second-order valence-electron chi connectivity index (χ2n) is 6.47. The van der Waals surface area contributed by atoms with Gasteiger partial charge in [-0.2, -0.15) is 0 Å². The average Bonchev–Trinajstić information content (AvgIpc) is 3.14. The van der Waals surface area contributed by atoms with Crippen LogP contribution in [0, 0.1) is 13.8 Å². The molecule has 2 saturated heterocycles. The Kier molecular flexibility index (Phi) is 4.02. The number of amides is 1. The van der Waals surface area contributed by atoms with Crippen molar-refractivity contribution in [3.63, 3.8) is 0 Å². The minimum atomic E-state index is 0.229. The summed E-state index contributed by atoms with van der Waals surface area (Å²) >= 11 is 0. The number of likely N-dealkylation sites (tertiary alicyclic amines) is 2. The van der Waals surface area contributed by atoms with Crippen molar-refractivity contribution in [2.75, 3.05) is 20.1 Å². The van der Waals surface area contributed by atoms with Crippen molar-refractivity contribution in [3.8, 4) is 0 Å². The Morgan fingerprint density at radius 1 is 1.24 bits per heavy atom. The summed E-state index contributed by atoms with van der Waals surface area (Å²) in [7, 11) is 2.19. The first-order valence-corrected chi connectivity index (χ1v) is 7.99. The monoisotopic (exact) mass is 291 g/mol. The van der Waals surface area contributed by atoms with E-state index in [0.717, 1.165) is 42.9 Å². The van der Waals surface area contributed by atoms with Gasteiger partial charge in [0.25, 0.3) is 0 Å². The first-order chi connectivity index (χ1) is 10.1. The molecule has 1 aromatic heterocycles. The van der Waals surface area contributed by atoms with Crippen molar-refractivity contribution in [2.45, 2.75) is 58.0 Å². The molecular weight excluding hydrogens is 266 g/mol. The number of aromatic nitrogens is 1. The van der Waals surface area contributed by atoms with E-state index in [1.165, 1.54) is 12.8 Å². The van der Waals surface area contributed by atoms with Crippen molar-refractivity contribution < 1.29 is 9.32 Å². The van der Waals surface area contributed by atoms with Crippen molar-refractivity contribution in [1.82, 2.24) is 15.0 Å². The summed E-state index contributed by atoms with van der Waals surface area (Å²) < 4.78 is 5.17. The largest absolute Gasteiger partial charge is 0.361 e. The highest BCUT2D eigenvalue weighted by Gasteiger charge is 2.38. The first kappa shape index (κ1) is 14.6. The number of rotatable bonds is 3. The lowest BCUT2D eigenvalue weighted by atomic mass is 10.0. The van der Waals surface area contributed by atoms with E-state index < -0.39 is 0 Å². The Labute approximate surface area is 126 Å². The molecule has 0 unspecified atom stereocenters. The second kappa shape index (κ2) is 5.79. The Hall–Kier alpha value is -1.36. The van der Waals surface area contributed by atoms with Gasteiger partial charge in [-0.25, -0.2) is 0 Å². The lowest BCUT2D eigenvalue weighted by Crippen LogP contribution is -2.47. The predicted octanol–water partition coefficient (Wildman–Crippen LogP) is 1.92. The molecule has 0 radical (unpaired) electrons. The standard InChI is InChI=1S/C16H25N3O2/c1-11-13(12(2)21-17-11)10-16(20)19-9-5-7-15(19)14-6-4-8-18(14)3/h14-15H,4-10H2,1-3H3/t14-,15-/m1/s1. The van der Waals surface area contributed by atoms with Crippen LogP contribution in [-0.4, -0.2) is 53.1 Å². The first-order valence-electron chi connectivity index (χ1n) is 7.99. The summed E-state index contributed by atoms with van der Waals surface area (Å²) in [6.45, 7) is 5.85. The topological polar surface area (TPSA) is 49.6 Å². The molecule has 2 atom stereocenters. The summed E-state index contributed by atoms with van der Waals surface area (Å²) in [6, 6.07) is 0.937. The van der Waals surface area contributed by atoms with E-state index in [0.29, 0.717) is 18.5 Å². The van der Waals surface area contributed by atoms with Gasteiger partial charge in [-0.15, -0.1) is 0 Å². The van der Waals surface area contributed by atoms with E-state index in [4.69, 9.17) is 4.52 Å². The molecule has 5 heteroatoms. The molecule has 1 aromatic rings. The molecule has 2 aliphatic rings. The Bertz CT molecular complexity index is 506. The van der Waals surface area contributed by atoms with E-state index in [9.17, 15) is 4.79 Å². The molecule has 0 spiro atoms. The Balaban J connectivity index is 1.71. The molecule has 0 saturated carbocycles. The minimum Gasteiger partial charge on any atom is -0.361 e. The van der Waals surface area contributed by atoms with Gasteiger partial charge >= 0.3 is 0 Å². The molecule has 2 fully saturated rings. The fraction of sp³-hybridized carbons (Fsp3) is 0.750. The maximum atomic E-state index is 12.7. The lowest BCUT2D eigenvalue weighted by molar-refractivity contribution is -0.132. The highest BCUT2D eigenvalue weighted by atomic mass is 16.5. The third-order valence-electron chi connectivity index (χ3n) is 5.15. The van der Waals surface area contributed by atoms with E-state index in [1.54, 1.807) is 0 Å².